The molecule has 6 amide bonds. The van der Waals surface area contributed by atoms with Crippen molar-refractivity contribution in [2.24, 2.45) is 11.8 Å². The number of piperazine rings is 1. The number of alkyl carbamates (subject to hydrolysis) is 1. The fourth-order valence-electron chi connectivity index (χ4n) is 14.4. The van der Waals surface area contributed by atoms with Gasteiger partial charge in [0.15, 0.2) is 0 Å². The molecule has 20 nitrogen and oxygen atoms in total. The van der Waals surface area contributed by atoms with Gasteiger partial charge in [-0.3, -0.25) is 19.3 Å². The van der Waals surface area contributed by atoms with Crippen LogP contribution in [0.3, 0.4) is 0 Å². The Bertz CT molecular complexity index is 3700. The number of ether oxygens (including phenoxy) is 1. The van der Waals surface area contributed by atoms with E-state index in [-0.39, 0.29) is 58.7 Å². The number of likely N-dealkylation sites (N-methyl/N-ethyl adjacent to an activating group) is 1. The number of piperidine rings is 1. The third kappa shape index (κ3) is 14.8. The maximum atomic E-state index is 14.6. The number of rotatable bonds is 20. The van der Waals surface area contributed by atoms with Crippen LogP contribution in [0.25, 0.3) is 44.1 Å². The third-order valence-corrected chi connectivity index (χ3v) is 20.9. The number of hydrogen-bond acceptors (Lipinski definition) is 12. The molecule has 1 saturated carbocycles. The number of nitrogens with one attached hydrogen (secondary N) is 4. The number of nitrogens with zero attached hydrogens (tertiary/aromatic N) is 8. The van der Waals surface area contributed by atoms with Gasteiger partial charge in [0.05, 0.1) is 48.7 Å². The van der Waals surface area contributed by atoms with E-state index in [1.807, 2.05) is 65.7 Å². The van der Waals surface area contributed by atoms with Crippen molar-refractivity contribution in [1.82, 2.24) is 55.1 Å². The summed E-state index contributed by atoms with van der Waals surface area (Å²) in [6.45, 7) is 8.10. The molecule has 5 N–H and O–H groups in total. The number of carboxylic acid groups (broad SMARTS) is 1. The number of carboxylic acids is 1. The van der Waals surface area contributed by atoms with Gasteiger partial charge in [-0.05, 0) is 136 Å². The molecule has 93 heavy (non-hydrogen) atoms. The molecule has 488 valence electrons. The average molecular weight is 1280 g/mol. The van der Waals surface area contributed by atoms with Crippen LogP contribution in [-0.2, 0) is 19.1 Å². The highest BCUT2D eigenvalue weighted by atomic mass is 32.1. The lowest BCUT2D eigenvalue weighted by Crippen LogP contribution is -2.52. The molecule has 7 aromatic rings. The minimum absolute atomic E-state index is 0.0312. The fraction of sp³-hybridized carbons (Fsp3) is 0.444. The monoisotopic (exact) mass is 1280 g/mol. The molecule has 12 rings (SSSR count). The van der Waals surface area contributed by atoms with Crippen molar-refractivity contribution in [2.45, 2.75) is 121 Å². The molecule has 4 atom stereocenters. The first kappa shape index (κ1) is 64.4. The van der Waals surface area contributed by atoms with Crippen molar-refractivity contribution in [3.05, 3.63) is 150 Å². The van der Waals surface area contributed by atoms with Crippen molar-refractivity contribution in [1.29, 1.82) is 0 Å². The smallest absolute Gasteiger partial charge is 0.407 e. The zero-order valence-corrected chi connectivity index (χ0v) is 54.3. The number of anilines is 1. The number of methoxy groups -OCH3 is 1. The second-order valence-electron chi connectivity index (χ2n) is 25.8. The number of aromatic amines is 2. The Morgan fingerprint density at radius 2 is 1.22 bits per heavy atom. The van der Waals surface area contributed by atoms with Crippen LogP contribution in [0.5, 0.6) is 0 Å². The molecule has 3 aromatic heterocycles. The van der Waals surface area contributed by atoms with Crippen molar-refractivity contribution in [3.63, 3.8) is 0 Å². The number of urea groups is 1. The molecular formula is C72H86N12O8S. The molecule has 0 spiro atoms. The van der Waals surface area contributed by atoms with Crippen molar-refractivity contribution in [3.8, 4) is 44.1 Å². The van der Waals surface area contributed by atoms with E-state index in [4.69, 9.17) is 14.7 Å². The van der Waals surface area contributed by atoms with Gasteiger partial charge in [-0.2, -0.15) is 0 Å². The Balaban J connectivity index is 0.626. The van der Waals surface area contributed by atoms with E-state index in [0.717, 1.165) is 127 Å². The maximum Gasteiger partial charge on any atom is 0.407 e. The number of carbonyl (C=O) groups is 6. The third-order valence-electron chi connectivity index (χ3n) is 19.8. The highest BCUT2D eigenvalue weighted by Gasteiger charge is 2.42. The summed E-state index contributed by atoms with van der Waals surface area (Å²) < 4.78 is 4.97. The Labute approximate surface area is 548 Å². The number of amides is 6. The van der Waals surface area contributed by atoms with Gasteiger partial charge in [-0.15, -0.1) is 11.3 Å². The summed E-state index contributed by atoms with van der Waals surface area (Å²) in [5.41, 5.74) is 8.13. The highest BCUT2D eigenvalue weighted by molar-refractivity contribution is 7.18. The summed E-state index contributed by atoms with van der Waals surface area (Å²) in [6.07, 6.45) is 12.1. The predicted octanol–water partition coefficient (Wildman–Crippen LogP) is 11.8. The molecule has 5 fully saturated rings. The minimum atomic E-state index is -1.07. The molecule has 5 aliphatic rings. The lowest BCUT2D eigenvalue weighted by Gasteiger charge is -2.40. The molecule has 21 heteroatoms. The van der Waals surface area contributed by atoms with Crippen LogP contribution in [0.1, 0.15) is 135 Å². The second kappa shape index (κ2) is 29.5. The minimum Gasteiger partial charge on any atom is -0.477 e. The largest absolute Gasteiger partial charge is 0.477 e. The Hall–Kier alpha value is -8.66. The maximum absolute atomic E-state index is 14.6. The molecule has 1 aliphatic carbocycles. The predicted molar refractivity (Wildman–Crippen MR) is 359 cm³/mol. The van der Waals surface area contributed by atoms with Crippen LogP contribution in [0.15, 0.2) is 128 Å². The van der Waals surface area contributed by atoms with Crippen LogP contribution in [0.4, 0.5) is 15.3 Å². The number of aromatic carboxylic acids is 1. The van der Waals surface area contributed by atoms with E-state index in [2.05, 4.69) is 105 Å². The number of H-pyrrole nitrogens is 2. The number of unbranched alkanes of at least 4 members (excludes halogenated alkanes) is 1. The molecule has 0 unspecified atom stereocenters. The lowest BCUT2D eigenvalue weighted by molar-refractivity contribution is -0.139. The Morgan fingerprint density at radius 3 is 1.78 bits per heavy atom. The van der Waals surface area contributed by atoms with Crippen LogP contribution >= 0.6 is 11.3 Å². The number of carbonyl (C=O) groups excluding carboxylic acids is 5. The first-order valence-electron chi connectivity index (χ1n) is 33.3. The Morgan fingerprint density at radius 1 is 0.656 bits per heavy atom. The zero-order chi connectivity index (χ0) is 64.5. The first-order chi connectivity index (χ1) is 45.3. The number of aromatic nitrogens is 4. The number of likely N-dealkylation sites (tertiary alicyclic amines) is 3. The van der Waals surface area contributed by atoms with Gasteiger partial charge in [0.1, 0.15) is 28.6 Å². The summed E-state index contributed by atoms with van der Waals surface area (Å²) in [7, 11) is 3.41. The van der Waals surface area contributed by atoms with Gasteiger partial charge in [0.25, 0.3) is 0 Å². The van der Waals surface area contributed by atoms with E-state index in [1.165, 1.54) is 18.4 Å². The zero-order valence-electron chi connectivity index (χ0n) is 53.5. The van der Waals surface area contributed by atoms with Crippen LogP contribution in [0, 0.1) is 11.8 Å². The van der Waals surface area contributed by atoms with E-state index in [1.54, 1.807) is 20.9 Å². The Kier molecular flexibility index (Phi) is 20.5. The van der Waals surface area contributed by atoms with Gasteiger partial charge < -0.3 is 54.9 Å². The number of benzene rings is 4. The SMILES string of the molecule is COC(=O)N[C@@H](CCCCNC(=O)N1CCC(N(C(=O)C2CCC(C)CC2)c2cc(-c3ccccc3)sc2C(=O)O)CC1)C(=O)N1CCC[C@H]1c1ncc(-c2ccc(-c3ccc(-c4cnc([C@@H]5CCCN5C(=O)[C@@H](c5ccccc5)N5CCN(C)CC5)[nH]4)cc3)cc2)[nH]1. The number of imidazole rings is 2. The van der Waals surface area contributed by atoms with Gasteiger partial charge >= 0.3 is 18.1 Å². The van der Waals surface area contributed by atoms with Crippen molar-refractivity contribution >= 4 is 52.8 Å². The number of hydrogen-bond donors (Lipinski definition) is 5. The molecule has 4 aromatic carbocycles. The quantitative estimate of drug-likeness (QED) is 0.0449. The van der Waals surface area contributed by atoms with E-state index >= 15 is 0 Å². The van der Waals surface area contributed by atoms with Crippen LogP contribution < -0.4 is 15.5 Å². The summed E-state index contributed by atoms with van der Waals surface area (Å²) in [4.78, 5) is 112. The highest BCUT2D eigenvalue weighted by Crippen LogP contribution is 2.42. The van der Waals surface area contributed by atoms with E-state index in [9.17, 15) is 33.9 Å². The molecule has 0 bridgehead atoms. The summed E-state index contributed by atoms with van der Waals surface area (Å²) in [5.74, 6) is 0.651. The van der Waals surface area contributed by atoms with E-state index < -0.39 is 18.1 Å². The standard InChI is InChI=1S/C72H86N12O8S/c1-47-21-23-54(24-22-47)67(85)84(61-44-62(93-64(61)70(88)89)52-14-6-4-7-15-52)55-33-38-81(39-34-55)71(90)73-35-11-10-18-56(78-72(91)92-3)68(86)82-36-12-19-59(82)65-74-45-57(76-65)50-29-25-48(26-30-50)49-27-31-51(32-28-49)58-46-75-66(77-58)60-20-13-37-83(60)69(87)63(53-16-8-5-9-17-53)80-42-40-79(2)41-43-80/h4-9,14-17,25-32,44-47,54-56,59-60,63H,10-13,18-24,33-43H2,1-3H3,(H,73,90)(H,74,76)(H,75,77)(H,78,91)(H,88,89)/t47?,54?,56-,59-,60-,63+/m0/s1. The molecule has 4 saturated heterocycles. The van der Waals surface area contributed by atoms with Crippen molar-refractivity contribution < 1.29 is 38.6 Å². The van der Waals surface area contributed by atoms with Gasteiger partial charge in [0, 0.05) is 75.7 Å². The topological polar surface area (TPSA) is 233 Å². The lowest BCUT2D eigenvalue weighted by atomic mass is 9.82. The fourth-order valence-corrected chi connectivity index (χ4v) is 15.4. The second-order valence-corrected chi connectivity index (χ2v) is 26.9. The van der Waals surface area contributed by atoms with Gasteiger partial charge in [0.2, 0.25) is 17.7 Å². The normalized spacial score (nSPS) is 20.5. The van der Waals surface area contributed by atoms with Gasteiger partial charge in [-0.25, -0.2) is 24.4 Å². The van der Waals surface area contributed by atoms with Crippen LogP contribution in [-0.4, -0.2) is 171 Å². The summed E-state index contributed by atoms with van der Waals surface area (Å²) in [5, 5.41) is 16.3. The van der Waals surface area contributed by atoms with Crippen molar-refractivity contribution in [2.75, 3.05) is 78.0 Å². The van der Waals surface area contributed by atoms with Crippen LogP contribution in [0.2, 0.25) is 0 Å². The number of thiophene rings is 1. The molecule has 4 aliphatic heterocycles. The molecule has 7 heterocycles. The van der Waals surface area contributed by atoms with E-state index in [0.29, 0.717) is 88.7 Å². The average Bonchev–Trinajstić information content (AvgIpc) is 1.76. The molecule has 0 radical (unpaired) electrons. The molecular weight excluding hydrogens is 1190 g/mol. The summed E-state index contributed by atoms with van der Waals surface area (Å²) in [6, 6.07) is 36.2. The first-order valence-corrected chi connectivity index (χ1v) is 34.1. The van der Waals surface area contributed by atoms with Gasteiger partial charge in [-0.1, -0.05) is 116 Å². The summed E-state index contributed by atoms with van der Waals surface area (Å²) >= 11 is 1.18.